The molecular weight excluding hydrogens is 245 g/mol. The van der Waals surface area contributed by atoms with E-state index in [0.717, 1.165) is 13.0 Å². The fraction of sp³-hybridized carbons (Fsp3) is 0.286. The van der Waals surface area contributed by atoms with Crippen molar-refractivity contribution in [1.82, 2.24) is 9.55 Å². The average Bonchev–Trinajstić information content (AvgIpc) is 2.89. The molecule has 1 aromatic heterocycles. The minimum atomic E-state index is -0.340. The first-order valence-electron chi connectivity index (χ1n) is 6.17. The lowest BCUT2D eigenvalue weighted by molar-refractivity contribution is 0.101. The summed E-state index contributed by atoms with van der Waals surface area (Å²) >= 11 is 0. The van der Waals surface area contributed by atoms with Crippen LogP contribution in [0.5, 0.6) is 0 Å². The van der Waals surface area contributed by atoms with Gasteiger partial charge in [-0.15, -0.1) is 0 Å². The van der Waals surface area contributed by atoms with Crippen molar-refractivity contribution in [3.8, 4) is 0 Å². The van der Waals surface area contributed by atoms with Gasteiger partial charge in [-0.05, 0) is 31.5 Å². The Morgan fingerprint density at radius 2 is 2.32 bits per heavy atom. The number of rotatable bonds is 6. The summed E-state index contributed by atoms with van der Waals surface area (Å²) in [5, 5.41) is 3.01. The highest BCUT2D eigenvalue weighted by Gasteiger charge is 2.05. The van der Waals surface area contributed by atoms with Crippen LogP contribution in [-0.2, 0) is 6.54 Å². The summed E-state index contributed by atoms with van der Waals surface area (Å²) in [5.74, 6) is -0.408. The van der Waals surface area contributed by atoms with Gasteiger partial charge >= 0.3 is 0 Å². The third-order valence-electron chi connectivity index (χ3n) is 2.84. The van der Waals surface area contributed by atoms with Gasteiger partial charge in [0, 0.05) is 31.0 Å². The van der Waals surface area contributed by atoms with Crippen molar-refractivity contribution < 1.29 is 9.18 Å². The lowest BCUT2D eigenvalue weighted by Crippen LogP contribution is -2.07. The van der Waals surface area contributed by atoms with Gasteiger partial charge in [0.2, 0.25) is 0 Å². The largest absolute Gasteiger partial charge is 0.383 e. The molecule has 2 aromatic rings. The Morgan fingerprint density at radius 1 is 1.47 bits per heavy atom. The molecule has 100 valence electrons. The molecule has 1 aromatic carbocycles. The predicted molar refractivity (Wildman–Crippen MR) is 71.7 cm³/mol. The van der Waals surface area contributed by atoms with E-state index >= 15 is 0 Å². The monoisotopic (exact) mass is 261 g/mol. The number of aromatic nitrogens is 2. The SMILES string of the molecule is CC(=O)c1ccc(F)c(NCCCn2ccnc2)c1. The zero-order chi connectivity index (χ0) is 13.7. The molecule has 0 aliphatic rings. The second kappa shape index (κ2) is 6.13. The summed E-state index contributed by atoms with van der Waals surface area (Å²) in [7, 11) is 0. The molecule has 1 N–H and O–H groups in total. The number of hydrogen-bond donors (Lipinski definition) is 1. The predicted octanol–water partition coefficient (Wildman–Crippen LogP) is 2.73. The van der Waals surface area contributed by atoms with Crippen molar-refractivity contribution in [2.24, 2.45) is 0 Å². The van der Waals surface area contributed by atoms with Gasteiger partial charge in [-0.3, -0.25) is 4.79 Å². The lowest BCUT2D eigenvalue weighted by atomic mass is 10.1. The fourth-order valence-corrected chi connectivity index (χ4v) is 1.78. The number of carbonyl (C=O) groups excluding carboxylic acids is 1. The maximum atomic E-state index is 13.5. The van der Waals surface area contributed by atoms with Gasteiger partial charge in [-0.2, -0.15) is 0 Å². The molecule has 0 amide bonds. The highest BCUT2D eigenvalue weighted by Crippen LogP contribution is 2.16. The number of nitrogens with one attached hydrogen (secondary N) is 1. The average molecular weight is 261 g/mol. The van der Waals surface area contributed by atoms with E-state index < -0.39 is 0 Å². The molecule has 2 rings (SSSR count). The van der Waals surface area contributed by atoms with Crippen LogP contribution in [0.1, 0.15) is 23.7 Å². The third kappa shape index (κ3) is 3.64. The zero-order valence-corrected chi connectivity index (χ0v) is 10.8. The van der Waals surface area contributed by atoms with Crippen molar-refractivity contribution in [3.63, 3.8) is 0 Å². The van der Waals surface area contributed by atoms with E-state index in [1.165, 1.54) is 19.1 Å². The van der Waals surface area contributed by atoms with E-state index in [9.17, 15) is 9.18 Å². The second-order valence-electron chi connectivity index (χ2n) is 4.33. The van der Waals surface area contributed by atoms with Crippen molar-refractivity contribution >= 4 is 11.5 Å². The maximum absolute atomic E-state index is 13.5. The third-order valence-corrected chi connectivity index (χ3v) is 2.84. The topological polar surface area (TPSA) is 46.9 Å². The van der Waals surface area contributed by atoms with Crippen LogP contribution >= 0.6 is 0 Å². The summed E-state index contributed by atoms with van der Waals surface area (Å²) in [6.45, 7) is 2.92. The minimum absolute atomic E-state index is 0.0681. The van der Waals surface area contributed by atoms with Crippen LogP contribution < -0.4 is 5.32 Å². The normalized spacial score (nSPS) is 10.4. The lowest BCUT2D eigenvalue weighted by Gasteiger charge is -2.09. The molecular formula is C14H16FN3O. The van der Waals surface area contributed by atoms with Crippen LogP contribution in [0, 0.1) is 5.82 Å². The molecule has 0 radical (unpaired) electrons. The molecule has 0 fully saturated rings. The van der Waals surface area contributed by atoms with E-state index in [1.807, 2.05) is 10.8 Å². The molecule has 0 spiro atoms. The second-order valence-corrected chi connectivity index (χ2v) is 4.33. The number of carbonyl (C=O) groups is 1. The number of aryl methyl sites for hydroxylation is 1. The first kappa shape index (κ1) is 13.3. The molecule has 0 saturated heterocycles. The maximum Gasteiger partial charge on any atom is 0.159 e. The molecule has 0 saturated carbocycles. The van der Waals surface area contributed by atoms with Gasteiger partial charge < -0.3 is 9.88 Å². The number of benzene rings is 1. The molecule has 0 aliphatic heterocycles. The molecule has 5 heteroatoms. The van der Waals surface area contributed by atoms with E-state index in [1.54, 1.807) is 18.6 Å². The highest BCUT2D eigenvalue weighted by atomic mass is 19.1. The Labute approximate surface area is 111 Å². The van der Waals surface area contributed by atoms with Gasteiger partial charge in [0.05, 0.1) is 12.0 Å². The van der Waals surface area contributed by atoms with Crippen molar-refractivity contribution in [1.29, 1.82) is 0 Å². The zero-order valence-electron chi connectivity index (χ0n) is 10.8. The van der Waals surface area contributed by atoms with Gasteiger partial charge in [-0.1, -0.05) is 0 Å². The van der Waals surface area contributed by atoms with Crippen molar-refractivity contribution in [2.75, 3.05) is 11.9 Å². The minimum Gasteiger partial charge on any atom is -0.383 e. The van der Waals surface area contributed by atoms with Crippen molar-refractivity contribution in [2.45, 2.75) is 19.9 Å². The Hall–Kier alpha value is -2.17. The number of ketones is 1. The summed E-state index contributed by atoms with van der Waals surface area (Å²) in [6, 6.07) is 4.36. The molecule has 19 heavy (non-hydrogen) atoms. The van der Waals surface area contributed by atoms with Crippen LogP contribution in [0.15, 0.2) is 36.9 Å². The number of anilines is 1. The molecule has 1 heterocycles. The van der Waals surface area contributed by atoms with Gasteiger partial charge in [0.25, 0.3) is 0 Å². The molecule has 4 nitrogen and oxygen atoms in total. The van der Waals surface area contributed by atoms with Crippen LogP contribution in [0.3, 0.4) is 0 Å². The summed E-state index contributed by atoms with van der Waals surface area (Å²) in [4.78, 5) is 15.2. The van der Waals surface area contributed by atoms with Crippen LogP contribution in [0.4, 0.5) is 10.1 Å². The summed E-state index contributed by atoms with van der Waals surface area (Å²) in [6.07, 6.45) is 6.21. The fourth-order valence-electron chi connectivity index (χ4n) is 1.78. The molecule has 0 atom stereocenters. The van der Waals surface area contributed by atoms with Crippen LogP contribution in [0.25, 0.3) is 0 Å². The molecule has 0 aliphatic carbocycles. The smallest absolute Gasteiger partial charge is 0.159 e. The van der Waals surface area contributed by atoms with E-state index in [4.69, 9.17) is 0 Å². The Balaban J connectivity index is 1.88. The number of nitrogens with zero attached hydrogens (tertiary/aromatic N) is 2. The van der Waals surface area contributed by atoms with E-state index in [2.05, 4.69) is 10.3 Å². The van der Waals surface area contributed by atoms with Crippen LogP contribution in [0.2, 0.25) is 0 Å². The molecule has 0 unspecified atom stereocenters. The van der Waals surface area contributed by atoms with E-state index in [0.29, 0.717) is 17.8 Å². The first-order valence-corrected chi connectivity index (χ1v) is 6.17. The van der Waals surface area contributed by atoms with E-state index in [-0.39, 0.29) is 11.6 Å². The number of imidazole rings is 1. The Morgan fingerprint density at radius 3 is 3.00 bits per heavy atom. The standard InChI is InChI=1S/C14H16FN3O/c1-11(19)12-3-4-13(15)14(9-12)17-5-2-7-18-8-6-16-10-18/h3-4,6,8-10,17H,2,5,7H2,1H3. The van der Waals surface area contributed by atoms with Crippen LogP contribution in [-0.4, -0.2) is 21.9 Å². The quantitative estimate of drug-likeness (QED) is 0.642. The summed E-state index contributed by atoms with van der Waals surface area (Å²) in [5.41, 5.74) is 0.886. The number of Topliss-reactive ketones (excluding diaryl/α,β-unsaturated/α-hetero) is 1. The van der Waals surface area contributed by atoms with Gasteiger partial charge in [0.1, 0.15) is 5.82 Å². The summed E-state index contributed by atoms with van der Waals surface area (Å²) < 4.78 is 15.5. The van der Waals surface area contributed by atoms with Crippen molar-refractivity contribution in [3.05, 3.63) is 48.3 Å². The van der Waals surface area contributed by atoms with Gasteiger partial charge in [0.15, 0.2) is 5.78 Å². The molecule has 0 bridgehead atoms. The Bertz CT molecular complexity index is 552. The highest BCUT2D eigenvalue weighted by molar-refractivity contribution is 5.94. The first-order chi connectivity index (χ1) is 9.16. The van der Waals surface area contributed by atoms with Gasteiger partial charge in [-0.25, -0.2) is 9.37 Å². The number of halogens is 1. The number of hydrogen-bond acceptors (Lipinski definition) is 3. The Kier molecular flexibility index (Phi) is 4.28.